The molecule has 88 valence electrons. The largest absolute Gasteiger partial charge is 0.454 e. The summed E-state index contributed by atoms with van der Waals surface area (Å²) in [7, 11) is 0. The molecule has 0 aromatic heterocycles. The predicted octanol–water partition coefficient (Wildman–Crippen LogP) is 3.69. The minimum absolute atomic E-state index is 0.143. The number of ketones is 1. The van der Waals surface area contributed by atoms with Crippen LogP contribution in [-0.4, -0.2) is 12.0 Å². The van der Waals surface area contributed by atoms with Gasteiger partial charge in [0.2, 0.25) is 0 Å². The van der Waals surface area contributed by atoms with E-state index < -0.39 is 23.3 Å². The van der Waals surface area contributed by atoms with E-state index in [9.17, 15) is 22.4 Å². The van der Waals surface area contributed by atoms with E-state index in [1.54, 1.807) is 13.8 Å². The van der Waals surface area contributed by atoms with Crippen molar-refractivity contribution in [2.75, 3.05) is 0 Å². The molecule has 1 nitrogen and oxygen atoms in total. The lowest BCUT2D eigenvalue weighted by Crippen LogP contribution is -2.23. The van der Waals surface area contributed by atoms with Crippen molar-refractivity contribution in [1.82, 2.24) is 0 Å². The van der Waals surface area contributed by atoms with Crippen LogP contribution in [0.1, 0.15) is 35.7 Å². The zero-order valence-electron chi connectivity index (χ0n) is 8.73. The molecule has 0 atom stereocenters. The normalized spacial score (nSPS) is 11.9. The predicted molar refractivity (Wildman–Crippen MR) is 50.9 cm³/mol. The second-order valence-electron chi connectivity index (χ2n) is 3.75. The average molecular weight is 234 g/mol. The first-order valence-corrected chi connectivity index (χ1v) is 4.64. The molecule has 0 spiro atoms. The number of benzene rings is 1. The Morgan fingerprint density at radius 1 is 1.19 bits per heavy atom. The van der Waals surface area contributed by atoms with Crippen LogP contribution >= 0.6 is 0 Å². The summed E-state index contributed by atoms with van der Waals surface area (Å²) >= 11 is 0. The summed E-state index contributed by atoms with van der Waals surface area (Å²) in [4.78, 5) is 10.9. The van der Waals surface area contributed by atoms with Crippen molar-refractivity contribution in [3.63, 3.8) is 0 Å². The van der Waals surface area contributed by atoms with Crippen molar-refractivity contribution in [3.05, 3.63) is 35.1 Å². The van der Waals surface area contributed by atoms with Gasteiger partial charge in [-0.3, -0.25) is 4.79 Å². The Morgan fingerprint density at radius 3 is 2.19 bits per heavy atom. The van der Waals surface area contributed by atoms with Crippen LogP contribution in [0.3, 0.4) is 0 Å². The highest BCUT2D eigenvalue weighted by atomic mass is 19.4. The van der Waals surface area contributed by atoms with E-state index in [2.05, 4.69) is 0 Å². The Kier molecular flexibility index (Phi) is 3.35. The highest BCUT2D eigenvalue weighted by Crippen LogP contribution is 2.24. The maximum atomic E-state index is 13.0. The second-order valence-corrected chi connectivity index (χ2v) is 3.75. The van der Waals surface area contributed by atoms with Gasteiger partial charge in [0.05, 0.1) is 0 Å². The molecule has 1 rings (SSSR count). The number of carbonyl (C=O) groups is 1. The first-order chi connectivity index (χ1) is 7.21. The van der Waals surface area contributed by atoms with Gasteiger partial charge in [-0.25, -0.2) is 4.39 Å². The van der Waals surface area contributed by atoms with Crippen LogP contribution in [0.5, 0.6) is 0 Å². The van der Waals surface area contributed by atoms with E-state index in [1.807, 2.05) is 0 Å². The average Bonchev–Trinajstić information content (AvgIpc) is 2.14. The molecule has 16 heavy (non-hydrogen) atoms. The standard InChI is InChI=1S/C11H10F4O/c1-6(2)7-3-8(5-9(12)4-7)10(16)11(13,14)15/h3-6H,1-2H3. The van der Waals surface area contributed by atoms with Gasteiger partial charge < -0.3 is 0 Å². The maximum Gasteiger partial charge on any atom is 0.454 e. The Hall–Kier alpha value is -1.39. The number of Topliss-reactive ketones (excluding diaryl/α,β-unsaturated/α-hetero) is 1. The molecule has 0 saturated heterocycles. The summed E-state index contributed by atoms with van der Waals surface area (Å²) in [6, 6.07) is 2.79. The van der Waals surface area contributed by atoms with Crippen molar-refractivity contribution in [3.8, 4) is 0 Å². The third kappa shape index (κ3) is 2.81. The molecule has 0 radical (unpaired) electrons. The first kappa shape index (κ1) is 12.7. The topological polar surface area (TPSA) is 17.1 Å². The third-order valence-electron chi connectivity index (χ3n) is 2.11. The smallest absolute Gasteiger partial charge is 0.284 e. The lowest BCUT2D eigenvalue weighted by molar-refractivity contribution is -0.0885. The van der Waals surface area contributed by atoms with E-state index in [-0.39, 0.29) is 5.92 Å². The van der Waals surface area contributed by atoms with Gasteiger partial charge in [0.25, 0.3) is 5.78 Å². The second kappa shape index (κ2) is 4.23. The number of rotatable bonds is 2. The molecule has 5 heteroatoms. The third-order valence-corrected chi connectivity index (χ3v) is 2.11. The number of halogens is 4. The van der Waals surface area contributed by atoms with Gasteiger partial charge in [-0.05, 0) is 29.7 Å². The quantitative estimate of drug-likeness (QED) is 0.563. The minimum atomic E-state index is -4.97. The SMILES string of the molecule is CC(C)c1cc(F)cc(C(=O)C(F)(F)F)c1. The van der Waals surface area contributed by atoms with Crippen molar-refractivity contribution in [2.24, 2.45) is 0 Å². The van der Waals surface area contributed by atoms with Gasteiger partial charge in [-0.2, -0.15) is 13.2 Å². The zero-order valence-corrected chi connectivity index (χ0v) is 8.73. The molecule has 0 bridgehead atoms. The van der Waals surface area contributed by atoms with Crippen LogP contribution in [0.25, 0.3) is 0 Å². The van der Waals surface area contributed by atoms with Crippen molar-refractivity contribution < 1.29 is 22.4 Å². The zero-order chi connectivity index (χ0) is 12.5. The molecule has 1 aromatic rings. The summed E-state index contributed by atoms with van der Waals surface area (Å²) in [5.41, 5.74) is -0.288. The summed E-state index contributed by atoms with van der Waals surface area (Å²) in [5, 5.41) is 0. The molecule has 0 saturated carbocycles. The van der Waals surface area contributed by atoms with Gasteiger partial charge in [-0.15, -0.1) is 0 Å². The van der Waals surface area contributed by atoms with E-state index in [1.165, 1.54) is 0 Å². The van der Waals surface area contributed by atoms with Gasteiger partial charge >= 0.3 is 6.18 Å². The van der Waals surface area contributed by atoms with Crippen LogP contribution in [0, 0.1) is 5.82 Å². The molecule has 0 amide bonds. The van der Waals surface area contributed by atoms with E-state index in [0.717, 1.165) is 12.1 Å². The highest BCUT2D eigenvalue weighted by Gasteiger charge is 2.39. The molecule has 0 aliphatic heterocycles. The fraction of sp³-hybridized carbons (Fsp3) is 0.364. The Bertz CT molecular complexity index is 407. The molecule has 0 aliphatic rings. The number of hydrogen-bond acceptors (Lipinski definition) is 1. The van der Waals surface area contributed by atoms with Gasteiger partial charge in [-0.1, -0.05) is 13.8 Å². The van der Waals surface area contributed by atoms with Crippen LogP contribution in [0.4, 0.5) is 17.6 Å². The van der Waals surface area contributed by atoms with Crippen LogP contribution in [-0.2, 0) is 0 Å². The minimum Gasteiger partial charge on any atom is -0.284 e. The Labute approximate surface area is 90.1 Å². The van der Waals surface area contributed by atoms with E-state index >= 15 is 0 Å². The van der Waals surface area contributed by atoms with Crippen LogP contribution in [0.15, 0.2) is 18.2 Å². The summed E-state index contributed by atoms with van der Waals surface area (Å²) in [5.74, 6) is -3.00. The molecule has 0 aliphatic carbocycles. The van der Waals surface area contributed by atoms with Crippen molar-refractivity contribution >= 4 is 5.78 Å². The molecule has 0 N–H and O–H groups in total. The number of alkyl halides is 3. The molecule has 0 heterocycles. The monoisotopic (exact) mass is 234 g/mol. The number of hydrogen-bond donors (Lipinski definition) is 0. The lowest BCUT2D eigenvalue weighted by atomic mass is 9.99. The van der Waals surface area contributed by atoms with E-state index in [4.69, 9.17) is 0 Å². The lowest BCUT2D eigenvalue weighted by Gasteiger charge is -2.09. The molecule has 0 fully saturated rings. The summed E-state index contributed by atoms with van der Waals surface area (Å²) < 4.78 is 49.4. The molecular formula is C11H10F4O. The summed E-state index contributed by atoms with van der Waals surface area (Å²) in [6.07, 6.45) is -4.97. The fourth-order valence-corrected chi connectivity index (χ4v) is 1.24. The van der Waals surface area contributed by atoms with Crippen molar-refractivity contribution in [1.29, 1.82) is 0 Å². The molecule has 0 unspecified atom stereocenters. The summed E-state index contributed by atoms with van der Waals surface area (Å²) in [6.45, 7) is 3.41. The maximum absolute atomic E-state index is 13.0. The van der Waals surface area contributed by atoms with Gasteiger partial charge in [0, 0.05) is 5.56 Å². The molecular weight excluding hydrogens is 224 g/mol. The van der Waals surface area contributed by atoms with Gasteiger partial charge in [0.1, 0.15) is 5.82 Å². The number of carbonyl (C=O) groups excluding carboxylic acids is 1. The molecule has 1 aromatic carbocycles. The van der Waals surface area contributed by atoms with Crippen LogP contribution < -0.4 is 0 Å². The first-order valence-electron chi connectivity index (χ1n) is 4.64. The Balaban J connectivity index is 3.20. The Morgan fingerprint density at radius 2 is 1.75 bits per heavy atom. The van der Waals surface area contributed by atoms with E-state index in [0.29, 0.717) is 11.6 Å². The van der Waals surface area contributed by atoms with Gasteiger partial charge in [0.15, 0.2) is 0 Å². The fourth-order valence-electron chi connectivity index (χ4n) is 1.24. The highest BCUT2D eigenvalue weighted by molar-refractivity contribution is 6.00. The van der Waals surface area contributed by atoms with Crippen LogP contribution in [0.2, 0.25) is 0 Å². The van der Waals surface area contributed by atoms with Crippen molar-refractivity contribution in [2.45, 2.75) is 25.9 Å².